The fourth-order valence-corrected chi connectivity index (χ4v) is 4.52. The molecule has 158 valence electrons. The normalized spacial score (nSPS) is 10.8. The number of alkyl halides is 1. The van der Waals surface area contributed by atoms with E-state index in [1.165, 1.54) is 11.1 Å². The Morgan fingerprint density at radius 2 is 1.81 bits per heavy atom. The average Bonchev–Trinajstić information content (AvgIpc) is 3.28. The number of aryl methyl sites for hydroxylation is 1. The van der Waals surface area contributed by atoms with E-state index in [0.29, 0.717) is 5.88 Å². The number of anilines is 2. The Morgan fingerprint density at radius 1 is 1.00 bits per heavy atom. The van der Waals surface area contributed by atoms with Crippen molar-refractivity contribution in [1.29, 1.82) is 0 Å². The number of halogens is 1. The molecule has 0 atom stereocenters. The zero-order chi connectivity index (χ0) is 21.5. The van der Waals surface area contributed by atoms with Gasteiger partial charge in [0.05, 0.1) is 5.69 Å². The maximum Gasteiger partial charge on any atom is 0.243 e. The molecule has 31 heavy (non-hydrogen) atoms. The van der Waals surface area contributed by atoms with Gasteiger partial charge in [-0.15, -0.1) is 11.3 Å². The first-order valence-corrected chi connectivity index (χ1v) is 12.4. The quantitative estimate of drug-likeness (QED) is 0.240. The molecule has 2 aromatic carbocycles. The molecule has 0 aliphatic carbocycles. The molecule has 0 saturated heterocycles. The van der Waals surface area contributed by atoms with Gasteiger partial charge in [-0.3, -0.25) is 0 Å². The fraction of sp³-hybridized carbons (Fsp3) is 0.200. The van der Waals surface area contributed by atoms with Crippen LogP contribution in [-0.4, -0.2) is 9.97 Å². The summed E-state index contributed by atoms with van der Waals surface area (Å²) in [4.78, 5) is 9.26. The Hall–Kier alpha value is -2.70. The molecule has 0 aliphatic heterocycles. The van der Waals surface area contributed by atoms with Crippen molar-refractivity contribution in [1.82, 2.24) is 9.97 Å². The Morgan fingerprint density at radius 3 is 2.65 bits per heavy atom. The summed E-state index contributed by atoms with van der Waals surface area (Å²) in [6.45, 7) is 2.20. The minimum atomic E-state index is 0.545. The van der Waals surface area contributed by atoms with E-state index in [4.69, 9.17) is 9.72 Å². The van der Waals surface area contributed by atoms with E-state index in [1.807, 2.05) is 36.4 Å². The molecular weight excluding hydrogens is 470 g/mol. The summed E-state index contributed by atoms with van der Waals surface area (Å²) in [7, 11) is 0. The van der Waals surface area contributed by atoms with Gasteiger partial charge in [-0.25, -0.2) is 9.97 Å². The SMILES string of the molecule is CCCCc1ccccc1Oc1ncccc1Nc1nc(-c2ccccc2CBr)cs1. The Kier molecular flexibility index (Phi) is 7.33. The van der Waals surface area contributed by atoms with Gasteiger partial charge in [-0.05, 0) is 42.2 Å². The zero-order valence-electron chi connectivity index (χ0n) is 17.3. The Balaban J connectivity index is 1.56. The third-order valence-corrected chi connectivity index (χ3v) is 6.29. The molecule has 4 aromatic rings. The van der Waals surface area contributed by atoms with Crippen molar-refractivity contribution in [2.75, 3.05) is 5.32 Å². The number of hydrogen-bond donors (Lipinski definition) is 1. The molecule has 1 N–H and O–H groups in total. The van der Waals surface area contributed by atoms with Gasteiger partial charge in [0.15, 0.2) is 5.13 Å². The third-order valence-electron chi connectivity index (χ3n) is 4.93. The van der Waals surface area contributed by atoms with Gasteiger partial charge in [0.25, 0.3) is 0 Å². The molecule has 4 rings (SSSR count). The molecule has 0 fully saturated rings. The van der Waals surface area contributed by atoms with E-state index >= 15 is 0 Å². The number of ether oxygens (including phenoxy) is 1. The number of nitrogens with zero attached hydrogens (tertiary/aromatic N) is 2. The molecule has 0 radical (unpaired) electrons. The van der Waals surface area contributed by atoms with Crippen LogP contribution in [0.2, 0.25) is 0 Å². The number of rotatable bonds is 9. The lowest BCUT2D eigenvalue weighted by Crippen LogP contribution is -1.98. The van der Waals surface area contributed by atoms with E-state index in [1.54, 1.807) is 17.5 Å². The van der Waals surface area contributed by atoms with Gasteiger partial charge < -0.3 is 10.1 Å². The highest BCUT2D eigenvalue weighted by atomic mass is 79.9. The molecule has 0 saturated carbocycles. The second-order valence-corrected chi connectivity index (χ2v) is 8.54. The zero-order valence-corrected chi connectivity index (χ0v) is 19.7. The van der Waals surface area contributed by atoms with Crippen LogP contribution in [0.5, 0.6) is 11.6 Å². The van der Waals surface area contributed by atoms with Crippen LogP contribution >= 0.6 is 27.3 Å². The van der Waals surface area contributed by atoms with Crippen LogP contribution in [0, 0.1) is 0 Å². The van der Waals surface area contributed by atoms with Crippen LogP contribution in [0.25, 0.3) is 11.3 Å². The summed E-state index contributed by atoms with van der Waals surface area (Å²) < 4.78 is 6.23. The van der Waals surface area contributed by atoms with Crippen LogP contribution in [0.4, 0.5) is 10.8 Å². The topological polar surface area (TPSA) is 47.0 Å². The maximum atomic E-state index is 6.23. The lowest BCUT2D eigenvalue weighted by molar-refractivity contribution is 0.458. The number of unbranched alkanes of at least 4 members (excludes halogenated alkanes) is 1. The monoisotopic (exact) mass is 493 g/mol. The highest BCUT2D eigenvalue weighted by Crippen LogP contribution is 2.34. The molecule has 0 amide bonds. The summed E-state index contributed by atoms with van der Waals surface area (Å²) in [5.74, 6) is 1.40. The largest absolute Gasteiger partial charge is 0.437 e. The van der Waals surface area contributed by atoms with E-state index in [0.717, 1.165) is 52.4 Å². The van der Waals surface area contributed by atoms with Crippen LogP contribution in [0.1, 0.15) is 30.9 Å². The van der Waals surface area contributed by atoms with Crippen molar-refractivity contribution in [2.24, 2.45) is 0 Å². The fourth-order valence-electron chi connectivity index (χ4n) is 3.31. The summed E-state index contributed by atoms with van der Waals surface area (Å²) in [6, 6.07) is 20.3. The minimum absolute atomic E-state index is 0.545. The predicted molar refractivity (Wildman–Crippen MR) is 133 cm³/mol. The third kappa shape index (κ3) is 5.32. The first kappa shape index (κ1) is 21.5. The minimum Gasteiger partial charge on any atom is -0.437 e. The highest BCUT2D eigenvalue weighted by Gasteiger charge is 2.13. The van der Waals surface area contributed by atoms with Crippen molar-refractivity contribution >= 4 is 38.1 Å². The molecule has 0 spiro atoms. The number of thiazole rings is 1. The molecule has 6 heteroatoms. The maximum absolute atomic E-state index is 6.23. The Bertz CT molecular complexity index is 1140. The number of aromatic nitrogens is 2. The van der Waals surface area contributed by atoms with Gasteiger partial charge in [0.1, 0.15) is 11.4 Å². The molecule has 4 nitrogen and oxygen atoms in total. The smallest absolute Gasteiger partial charge is 0.243 e. The number of nitrogens with one attached hydrogen (secondary N) is 1. The number of para-hydroxylation sites is 1. The van der Waals surface area contributed by atoms with E-state index in [2.05, 4.69) is 62.8 Å². The van der Waals surface area contributed by atoms with Crippen molar-refractivity contribution < 1.29 is 4.74 Å². The van der Waals surface area contributed by atoms with Gasteiger partial charge in [-0.1, -0.05) is 71.7 Å². The van der Waals surface area contributed by atoms with Crippen LogP contribution in [0.15, 0.2) is 72.2 Å². The lowest BCUT2D eigenvalue weighted by Gasteiger charge is -2.13. The van der Waals surface area contributed by atoms with Crippen LogP contribution in [-0.2, 0) is 11.8 Å². The molecular formula is C25H24BrN3OS. The van der Waals surface area contributed by atoms with Gasteiger partial charge in [-0.2, -0.15) is 0 Å². The summed E-state index contributed by atoms with van der Waals surface area (Å²) in [5, 5.41) is 7.06. The predicted octanol–water partition coefficient (Wildman–Crippen LogP) is 7.98. The van der Waals surface area contributed by atoms with Crippen molar-refractivity contribution in [3.05, 3.63) is 83.4 Å². The standard InChI is InChI=1S/C25H24BrN3OS/c1-2-3-9-18-10-5-7-14-23(18)30-24-21(13-8-15-27-24)28-25-29-22(17-31-25)20-12-6-4-11-19(20)16-26/h4-8,10-15,17H,2-3,9,16H2,1H3,(H,28,29). The van der Waals surface area contributed by atoms with Gasteiger partial charge >= 0.3 is 0 Å². The summed E-state index contributed by atoms with van der Waals surface area (Å²) >= 11 is 5.13. The van der Waals surface area contributed by atoms with Crippen LogP contribution < -0.4 is 10.1 Å². The van der Waals surface area contributed by atoms with E-state index < -0.39 is 0 Å². The number of benzene rings is 2. The number of hydrogen-bond acceptors (Lipinski definition) is 5. The van der Waals surface area contributed by atoms with Gasteiger partial charge in [0.2, 0.25) is 5.88 Å². The first-order valence-electron chi connectivity index (χ1n) is 10.4. The average molecular weight is 494 g/mol. The molecule has 0 bridgehead atoms. The first-order chi connectivity index (χ1) is 15.3. The molecule has 2 aromatic heterocycles. The van der Waals surface area contributed by atoms with Crippen LogP contribution in [0.3, 0.4) is 0 Å². The van der Waals surface area contributed by atoms with E-state index in [9.17, 15) is 0 Å². The molecule has 2 heterocycles. The Labute approximate surface area is 195 Å². The number of pyridine rings is 1. The lowest BCUT2D eigenvalue weighted by atomic mass is 10.1. The van der Waals surface area contributed by atoms with Crippen molar-refractivity contribution in [3.63, 3.8) is 0 Å². The molecule has 0 unspecified atom stereocenters. The summed E-state index contributed by atoms with van der Waals surface area (Å²) in [6.07, 6.45) is 5.01. The van der Waals surface area contributed by atoms with Crippen molar-refractivity contribution in [3.8, 4) is 22.9 Å². The second-order valence-electron chi connectivity index (χ2n) is 7.12. The second kappa shape index (κ2) is 10.6. The highest BCUT2D eigenvalue weighted by molar-refractivity contribution is 9.08. The van der Waals surface area contributed by atoms with E-state index in [-0.39, 0.29) is 0 Å². The summed E-state index contributed by atoms with van der Waals surface area (Å²) in [5.41, 5.74) is 5.30. The van der Waals surface area contributed by atoms with Gasteiger partial charge in [0, 0.05) is 22.5 Å². The molecule has 0 aliphatic rings. The van der Waals surface area contributed by atoms with Crippen molar-refractivity contribution in [2.45, 2.75) is 31.5 Å².